The predicted molar refractivity (Wildman–Crippen MR) is 86.5 cm³/mol. The summed E-state index contributed by atoms with van der Waals surface area (Å²) in [6.45, 7) is 3.05. The first-order valence-corrected chi connectivity index (χ1v) is 9.19. The molecule has 5 nitrogen and oxygen atoms in total. The van der Waals surface area contributed by atoms with Gasteiger partial charge in [0.25, 0.3) is 0 Å². The van der Waals surface area contributed by atoms with Gasteiger partial charge in [-0.05, 0) is 31.2 Å². The van der Waals surface area contributed by atoms with Gasteiger partial charge in [0, 0.05) is 32.6 Å². The highest BCUT2D eigenvalue weighted by Crippen LogP contribution is 2.27. The summed E-state index contributed by atoms with van der Waals surface area (Å²) in [5.74, 6) is 0. The van der Waals surface area contributed by atoms with Crippen LogP contribution in [0, 0.1) is 11.3 Å². The molecule has 1 aromatic carbocycles. The second-order valence-corrected chi connectivity index (χ2v) is 7.84. The standard InChI is InChI=1S/C14H17Cl2N3O2S/c15-13-4-3-12(11-14(13)16)22(20,21)19-9-7-18(8-10-19)6-2-1-5-17/h3-4,11H,1-2,6-10H2. The molecule has 0 unspecified atom stereocenters. The topological polar surface area (TPSA) is 64.4 Å². The number of sulfonamides is 1. The number of hydrogen-bond acceptors (Lipinski definition) is 4. The van der Waals surface area contributed by atoms with Crippen molar-refractivity contribution in [3.8, 4) is 6.07 Å². The van der Waals surface area contributed by atoms with Crippen molar-refractivity contribution >= 4 is 33.2 Å². The van der Waals surface area contributed by atoms with E-state index in [9.17, 15) is 8.42 Å². The van der Waals surface area contributed by atoms with Crippen LogP contribution >= 0.6 is 23.2 Å². The van der Waals surface area contributed by atoms with Crippen molar-refractivity contribution in [2.45, 2.75) is 17.7 Å². The minimum Gasteiger partial charge on any atom is -0.301 e. The second kappa shape index (κ2) is 7.62. The molecule has 22 heavy (non-hydrogen) atoms. The lowest BCUT2D eigenvalue weighted by Crippen LogP contribution is -2.48. The number of nitrogens with zero attached hydrogens (tertiary/aromatic N) is 3. The van der Waals surface area contributed by atoms with Crippen molar-refractivity contribution in [1.82, 2.24) is 9.21 Å². The van der Waals surface area contributed by atoms with Crippen LogP contribution in [0.15, 0.2) is 23.1 Å². The van der Waals surface area contributed by atoms with E-state index in [1.54, 1.807) is 0 Å². The highest BCUT2D eigenvalue weighted by Gasteiger charge is 2.28. The minimum absolute atomic E-state index is 0.167. The number of benzene rings is 1. The van der Waals surface area contributed by atoms with Gasteiger partial charge in [0.2, 0.25) is 10.0 Å². The zero-order valence-electron chi connectivity index (χ0n) is 12.0. The molecule has 1 aliphatic heterocycles. The summed E-state index contributed by atoms with van der Waals surface area (Å²) in [7, 11) is -3.54. The molecule has 1 fully saturated rings. The Hall–Kier alpha value is -0.840. The molecule has 0 amide bonds. The van der Waals surface area contributed by atoms with Crippen LogP contribution in [-0.4, -0.2) is 50.3 Å². The molecule has 0 saturated carbocycles. The maximum atomic E-state index is 12.6. The molecular weight excluding hydrogens is 345 g/mol. The fourth-order valence-electron chi connectivity index (χ4n) is 2.36. The van der Waals surface area contributed by atoms with Crippen molar-refractivity contribution in [3.05, 3.63) is 28.2 Å². The summed E-state index contributed by atoms with van der Waals surface area (Å²) in [6.07, 6.45) is 1.35. The molecule has 0 aromatic heterocycles. The van der Waals surface area contributed by atoms with Gasteiger partial charge in [-0.3, -0.25) is 0 Å². The van der Waals surface area contributed by atoms with E-state index >= 15 is 0 Å². The Kier molecular flexibility index (Phi) is 6.07. The average Bonchev–Trinajstić information content (AvgIpc) is 2.51. The Bertz CT molecular complexity index is 665. The molecule has 0 radical (unpaired) electrons. The fourth-order valence-corrected chi connectivity index (χ4v) is 4.17. The van der Waals surface area contributed by atoms with Gasteiger partial charge in [-0.15, -0.1) is 0 Å². The van der Waals surface area contributed by atoms with Gasteiger partial charge >= 0.3 is 0 Å². The van der Waals surface area contributed by atoms with Gasteiger partial charge in [-0.25, -0.2) is 8.42 Å². The van der Waals surface area contributed by atoms with E-state index in [-0.39, 0.29) is 9.92 Å². The van der Waals surface area contributed by atoms with Gasteiger partial charge in [0.15, 0.2) is 0 Å². The smallest absolute Gasteiger partial charge is 0.243 e. The third-order valence-electron chi connectivity index (χ3n) is 3.62. The zero-order chi connectivity index (χ0) is 16.2. The van der Waals surface area contributed by atoms with Crippen LogP contribution in [0.3, 0.4) is 0 Å². The van der Waals surface area contributed by atoms with Crippen LogP contribution in [0.5, 0.6) is 0 Å². The highest BCUT2D eigenvalue weighted by atomic mass is 35.5. The van der Waals surface area contributed by atoms with E-state index in [0.717, 1.165) is 13.0 Å². The monoisotopic (exact) mass is 361 g/mol. The van der Waals surface area contributed by atoms with Crippen LogP contribution in [0.4, 0.5) is 0 Å². The van der Waals surface area contributed by atoms with E-state index in [0.29, 0.717) is 37.6 Å². The second-order valence-electron chi connectivity index (χ2n) is 5.08. The summed E-state index contributed by atoms with van der Waals surface area (Å²) >= 11 is 11.7. The van der Waals surface area contributed by atoms with Crippen LogP contribution in [-0.2, 0) is 10.0 Å². The molecule has 8 heteroatoms. The molecule has 1 aromatic rings. The molecule has 0 spiro atoms. The van der Waals surface area contributed by atoms with Crippen LogP contribution in [0.25, 0.3) is 0 Å². The van der Waals surface area contributed by atoms with Gasteiger partial charge in [-0.1, -0.05) is 23.2 Å². The number of rotatable bonds is 5. The third kappa shape index (κ3) is 4.12. The van der Waals surface area contributed by atoms with Crippen molar-refractivity contribution < 1.29 is 8.42 Å². The average molecular weight is 362 g/mol. The van der Waals surface area contributed by atoms with Gasteiger partial charge in [0.1, 0.15) is 0 Å². The summed E-state index contributed by atoms with van der Waals surface area (Å²) in [4.78, 5) is 2.35. The van der Waals surface area contributed by atoms with Crippen molar-refractivity contribution in [3.63, 3.8) is 0 Å². The molecule has 0 aliphatic carbocycles. The molecule has 0 bridgehead atoms. The van der Waals surface area contributed by atoms with Gasteiger partial charge in [0.05, 0.1) is 21.0 Å². The van der Waals surface area contributed by atoms with Crippen molar-refractivity contribution in [2.24, 2.45) is 0 Å². The zero-order valence-corrected chi connectivity index (χ0v) is 14.3. The first-order chi connectivity index (χ1) is 10.4. The summed E-state index contributed by atoms with van der Waals surface area (Å²) < 4.78 is 26.6. The van der Waals surface area contributed by atoms with E-state index in [4.69, 9.17) is 28.5 Å². The third-order valence-corrected chi connectivity index (χ3v) is 6.26. The lowest BCUT2D eigenvalue weighted by molar-refractivity contribution is 0.187. The number of hydrogen-bond donors (Lipinski definition) is 0. The molecule has 1 heterocycles. The number of halogens is 2. The van der Waals surface area contributed by atoms with Crippen molar-refractivity contribution in [2.75, 3.05) is 32.7 Å². The van der Waals surface area contributed by atoms with Crippen LogP contribution in [0.1, 0.15) is 12.8 Å². The first-order valence-electron chi connectivity index (χ1n) is 6.99. The molecule has 0 N–H and O–H groups in total. The molecule has 2 rings (SSSR count). The Morgan fingerprint density at radius 1 is 1.14 bits per heavy atom. The molecular formula is C14H17Cl2N3O2S. The highest BCUT2D eigenvalue weighted by molar-refractivity contribution is 7.89. The lowest BCUT2D eigenvalue weighted by atomic mass is 10.3. The van der Waals surface area contributed by atoms with E-state index < -0.39 is 10.0 Å². The first kappa shape index (κ1) is 17.5. The Morgan fingerprint density at radius 2 is 1.82 bits per heavy atom. The summed E-state index contributed by atoms with van der Waals surface area (Å²) in [5, 5.41) is 9.11. The predicted octanol–water partition coefficient (Wildman–Crippen LogP) is 2.60. The molecule has 1 aliphatic rings. The maximum absolute atomic E-state index is 12.6. The van der Waals surface area contributed by atoms with Crippen LogP contribution in [0.2, 0.25) is 10.0 Å². The minimum atomic E-state index is -3.54. The summed E-state index contributed by atoms with van der Waals surface area (Å²) in [5.41, 5.74) is 0. The normalized spacial score (nSPS) is 17.3. The summed E-state index contributed by atoms with van der Waals surface area (Å²) in [6, 6.07) is 6.47. The number of piperazine rings is 1. The van der Waals surface area contributed by atoms with E-state index in [2.05, 4.69) is 11.0 Å². The van der Waals surface area contributed by atoms with Gasteiger partial charge < -0.3 is 4.90 Å². The van der Waals surface area contributed by atoms with Crippen LogP contribution < -0.4 is 0 Å². The Balaban J connectivity index is 2.00. The Morgan fingerprint density at radius 3 is 2.41 bits per heavy atom. The van der Waals surface area contributed by atoms with Crippen molar-refractivity contribution in [1.29, 1.82) is 5.26 Å². The number of unbranched alkanes of at least 4 members (excludes halogenated alkanes) is 1. The van der Waals surface area contributed by atoms with E-state index in [1.165, 1.54) is 22.5 Å². The van der Waals surface area contributed by atoms with E-state index in [1.807, 2.05) is 0 Å². The molecule has 120 valence electrons. The SMILES string of the molecule is N#CCCCN1CCN(S(=O)(=O)c2ccc(Cl)c(Cl)c2)CC1. The number of nitriles is 1. The molecule has 1 saturated heterocycles. The lowest BCUT2D eigenvalue weighted by Gasteiger charge is -2.33. The molecule has 0 atom stereocenters. The maximum Gasteiger partial charge on any atom is 0.243 e. The quantitative estimate of drug-likeness (QED) is 0.756. The fraction of sp³-hybridized carbons (Fsp3) is 0.500. The Labute approximate surface area is 141 Å². The largest absolute Gasteiger partial charge is 0.301 e. The van der Waals surface area contributed by atoms with Gasteiger partial charge in [-0.2, -0.15) is 9.57 Å².